The molecule has 0 saturated carbocycles. The Hall–Kier alpha value is -2.58. The van der Waals surface area contributed by atoms with Gasteiger partial charge in [-0.1, -0.05) is 25.4 Å². The van der Waals surface area contributed by atoms with E-state index in [0.29, 0.717) is 40.3 Å². The van der Waals surface area contributed by atoms with Gasteiger partial charge in [0, 0.05) is 29.8 Å². The standard InChI is InChI=1S/C19H19Cl2FN6O/c1-9(2)12-7-24-16-5-15(26-28(16)27-19(12)29)25-14-4-10-3-11(6-20)18(22)17(21)13(10)8-23-14/h3-5,8-9,12,24H,6-7H2,1-2H3,(H,27,29)(H,23,25,26). The van der Waals surface area contributed by atoms with Crippen molar-refractivity contribution in [3.63, 3.8) is 0 Å². The molecule has 1 aliphatic heterocycles. The molecule has 152 valence electrons. The lowest BCUT2D eigenvalue weighted by atomic mass is 9.95. The van der Waals surface area contributed by atoms with Crippen LogP contribution < -0.4 is 16.1 Å². The maximum Gasteiger partial charge on any atom is 0.245 e. The van der Waals surface area contributed by atoms with E-state index in [1.165, 1.54) is 11.0 Å². The molecule has 4 rings (SSSR count). The lowest BCUT2D eigenvalue weighted by Gasteiger charge is -2.16. The fourth-order valence-electron chi connectivity index (χ4n) is 3.27. The topological polar surface area (TPSA) is 83.9 Å². The zero-order chi connectivity index (χ0) is 20.7. The van der Waals surface area contributed by atoms with E-state index in [4.69, 9.17) is 23.2 Å². The third-order valence-electron chi connectivity index (χ3n) is 4.95. The van der Waals surface area contributed by atoms with Crippen molar-refractivity contribution in [3.05, 3.63) is 40.8 Å². The summed E-state index contributed by atoms with van der Waals surface area (Å²) in [6, 6.07) is 5.16. The monoisotopic (exact) mass is 436 g/mol. The molecule has 1 unspecified atom stereocenters. The highest BCUT2D eigenvalue weighted by Crippen LogP contribution is 2.31. The molecule has 1 aromatic carbocycles. The summed E-state index contributed by atoms with van der Waals surface area (Å²) in [5, 5.41) is 11.9. The lowest BCUT2D eigenvalue weighted by Crippen LogP contribution is -2.33. The minimum Gasteiger partial charge on any atom is -0.368 e. The number of hydrogen-bond acceptors (Lipinski definition) is 5. The lowest BCUT2D eigenvalue weighted by molar-refractivity contribution is -0.121. The number of carbonyl (C=O) groups is 1. The molecule has 3 heterocycles. The van der Waals surface area contributed by atoms with Crippen LogP contribution in [0.2, 0.25) is 5.02 Å². The van der Waals surface area contributed by atoms with Gasteiger partial charge in [-0.25, -0.2) is 14.8 Å². The van der Waals surface area contributed by atoms with Crippen molar-refractivity contribution in [2.75, 3.05) is 22.6 Å². The first-order valence-electron chi connectivity index (χ1n) is 9.11. The maximum absolute atomic E-state index is 14.1. The summed E-state index contributed by atoms with van der Waals surface area (Å²) in [4.78, 5) is 18.0. The van der Waals surface area contributed by atoms with Crippen LogP contribution in [0.15, 0.2) is 24.4 Å². The average molecular weight is 437 g/mol. The van der Waals surface area contributed by atoms with Gasteiger partial charge in [-0.15, -0.1) is 16.7 Å². The van der Waals surface area contributed by atoms with Crippen LogP contribution in [0.4, 0.5) is 21.8 Å². The van der Waals surface area contributed by atoms with Gasteiger partial charge in [-0.05, 0) is 23.4 Å². The number of rotatable bonds is 4. The van der Waals surface area contributed by atoms with Crippen LogP contribution in [0.1, 0.15) is 19.4 Å². The van der Waals surface area contributed by atoms with E-state index < -0.39 is 5.82 Å². The third-order valence-corrected chi connectivity index (χ3v) is 5.60. The van der Waals surface area contributed by atoms with E-state index in [2.05, 4.69) is 26.1 Å². The van der Waals surface area contributed by atoms with E-state index in [1.807, 2.05) is 13.8 Å². The molecule has 1 aliphatic rings. The molecule has 0 bridgehead atoms. The minimum absolute atomic E-state index is 0.00229. The molecule has 0 aliphatic carbocycles. The summed E-state index contributed by atoms with van der Waals surface area (Å²) in [5.41, 5.74) is 3.11. The molecule has 10 heteroatoms. The minimum atomic E-state index is -0.531. The van der Waals surface area contributed by atoms with Crippen LogP contribution in [0.3, 0.4) is 0 Å². The number of pyridine rings is 1. The van der Waals surface area contributed by atoms with E-state index in [1.54, 1.807) is 18.2 Å². The van der Waals surface area contributed by atoms with E-state index >= 15 is 0 Å². The Morgan fingerprint density at radius 1 is 1.34 bits per heavy atom. The smallest absolute Gasteiger partial charge is 0.245 e. The first-order chi connectivity index (χ1) is 13.9. The van der Waals surface area contributed by atoms with Crippen LogP contribution >= 0.6 is 23.2 Å². The Labute approximate surface area is 176 Å². The number of hydrogen-bond donors (Lipinski definition) is 3. The van der Waals surface area contributed by atoms with Crippen molar-refractivity contribution in [2.24, 2.45) is 11.8 Å². The van der Waals surface area contributed by atoms with Crippen LogP contribution in [0, 0.1) is 17.7 Å². The normalized spacial score (nSPS) is 16.3. The fraction of sp³-hybridized carbons (Fsp3) is 0.316. The molecule has 0 radical (unpaired) electrons. The van der Waals surface area contributed by atoms with Gasteiger partial charge in [0.25, 0.3) is 0 Å². The van der Waals surface area contributed by atoms with Crippen molar-refractivity contribution < 1.29 is 9.18 Å². The predicted molar refractivity (Wildman–Crippen MR) is 113 cm³/mol. The number of nitrogens with one attached hydrogen (secondary N) is 3. The molecule has 7 nitrogen and oxygen atoms in total. The fourth-order valence-corrected chi connectivity index (χ4v) is 3.74. The molecule has 1 amide bonds. The Morgan fingerprint density at radius 2 is 2.14 bits per heavy atom. The summed E-state index contributed by atoms with van der Waals surface area (Å²) >= 11 is 11.9. The quantitative estimate of drug-likeness (QED) is 0.525. The first-order valence-corrected chi connectivity index (χ1v) is 10.0. The van der Waals surface area contributed by atoms with Gasteiger partial charge in [0.15, 0.2) is 5.82 Å². The highest BCUT2D eigenvalue weighted by Gasteiger charge is 2.27. The molecular weight excluding hydrogens is 418 g/mol. The summed E-state index contributed by atoms with van der Waals surface area (Å²) in [5.74, 6) is 1.13. The zero-order valence-corrected chi connectivity index (χ0v) is 17.3. The SMILES string of the molecule is CC(C)C1CNc2cc(Nc3cc4cc(CCl)c(F)c(Cl)c4cn3)nn2NC1=O. The van der Waals surface area contributed by atoms with Crippen LogP contribution in [-0.4, -0.2) is 27.3 Å². The average Bonchev–Trinajstić information content (AvgIpc) is 2.97. The molecule has 0 saturated heterocycles. The highest BCUT2D eigenvalue weighted by atomic mass is 35.5. The van der Waals surface area contributed by atoms with Crippen LogP contribution in [-0.2, 0) is 10.7 Å². The number of benzene rings is 1. The number of anilines is 3. The van der Waals surface area contributed by atoms with Crippen molar-refractivity contribution in [1.82, 2.24) is 14.9 Å². The van der Waals surface area contributed by atoms with E-state index in [0.717, 1.165) is 0 Å². The molecule has 2 aromatic heterocycles. The molecule has 0 spiro atoms. The van der Waals surface area contributed by atoms with Gasteiger partial charge in [0.1, 0.15) is 17.5 Å². The second-order valence-corrected chi connectivity index (χ2v) is 7.89. The second kappa shape index (κ2) is 7.68. The molecular formula is C19H19Cl2FN6O. The summed E-state index contributed by atoms with van der Waals surface area (Å²) in [7, 11) is 0. The van der Waals surface area contributed by atoms with E-state index in [-0.39, 0.29) is 28.6 Å². The second-order valence-electron chi connectivity index (χ2n) is 7.25. The zero-order valence-electron chi connectivity index (χ0n) is 15.8. The Kier molecular flexibility index (Phi) is 5.23. The largest absolute Gasteiger partial charge is 0.368 e. The van der Waals surface area contributed by atoms with Crippen molar-refractivity contribution in [3.8, 4) is 0 Å². The molecule has 1 atom stereocenters. The van der Waals surface area contributed by atoms with Crippen LogP contribution in [0.5, 0.6) is 0 Å². The number of aromatic nitrogens is 3. The maximum atomic E-state index is 14.1. The van der Waals surface area contributed by atoms with Gasteiger partial charge in [-0.3, -0.25) is 4.79 Å². The van der Waals surface area contributed by atoms with Gasteiger partial charge in [0.05, 0.1) is 16.8 Å². The Bertz CT molecular complexity index is 1100. The predicted octanol–water partition coefficient (Wildman–Crippen LogP) is 4.47. The number of fused-ring (bicyclic) bond motifs is 2. The number of amides is 1. The summed E-state index contributed by atoms with van der Waals surface area (Å²) < 4.78 is 14.1. The highest BCUT2D eigenvalue weighted by molar-refractivity contribution is 6.35. The Balaban J connectivity index is 1.60. The van der Waals surface area contributed by atoms with Gasteiger partial charge in [0.2, 0.25) is 5.91 Å². The van der Waals surface area contributed by atoms with Crippen molar-refractivity contribution >= 4 is 57.3 Å². The number of halogens is 3. The van der Waals surface area contributed by atoms with Crippen molar-refractivity contribution in [1.29, 1.82) is 0 Å². The van der Waals surface area contributed by atoms with Gasteiger partial charge < -0.3 is 10.6 Å². The number of carbonyl (C=O) groups excluding carboxylic acids is 1. The van der Waals surface area contributed by atoms with Crippen LogP contribution in [0.25, 0.3) is 10.8 Å². The molecule has 0 fully saturated rings. The molecule has 3 N–H and O–H groups in total. The molecule has 29 heavy (non-hydrogen) atoms. The number of nitrogens with zero attached hydrogens (tertiary/aromatic N) is 3. The third kappa shape index (κ3) is 3.70. The first kappa shape index (κ1) is 19.7. The summed E-state index contributed by atoms with van der Waals surface area (Å²) in [6.45, 7) is 4.53. The van der Waals surface area contributed by atoms with Crippen molar-refractivity contribution in [2.45, 2.75) is 19.7 Å². The molecule has 3 aromatic rings. The van der Waals surface area contributed by atoms with Gasteiger partial charge >= 0.3 is 0 Å². The van der Waals surface area contributed by atoms with E-state index in [9.17, 15) is 9.18 Å². The van der Waals surface area contributed by atoms with Gasteiger partial charge in [-0.2, -0.15) is 4.79 Å². The Morgan fingerprint density at radius 3 is 2.86 bits per heavy atom. The summed E-state index contributed by atoms with van der Waals surface area (Å²) in [6.07, 6.45) is 1.50. The number of alkyl halides is 1.